The summed E-state index contributed by atoms with van der Waals surface area (Å²) in [5.74, 6) is 0. The molecule has 0 aliphatic carbocycles. The number of nitrogens with zero attached hydrogens (tertiary/aromatic N) is 1. The number of halogens is 3. The SMILES string of the molecule is C=C(CN1CC(C)SC(C)C1)[B-](F)(F)F.[K+]. The molecule has 0 aromatic heterocycles. The first-order chi connectivity index (χ1) is 6.79. The Balaban J connectivity index is 0.00000225. The van der Waals surface area contributed by atoms with E-state index >= 15 is 0 Å². The Labute approximate surface area is 142 Å². The number of thioether (sulfide) groups is 1. The number of hydrogen-bond acceptors (Lipinski definition) is 2. The summed E-state index contributed by atoms with van der Waals surface area (Å²) in [6.07, 6.45) is 0. The summed E-state index contributed by atoms with van der Waals surface area (Å²) < 4.78 is 37.0. The van der Waals surface area contributed by atoms with Gasteiger partial charge in [0.25, 0.3) is 0 Å². The van der Waals surface area contributed by atoms with Crippen molar-refractivity contribution in [1.82, 2.24) is 4.90 Å². The molecule has 0 aromatic rings. The van der Waals surface area contributed by atoms with Crippen LogP contribution in [0.15, 0.2) is 12.1 Å². The van der Waals surface area contributed by atoms with Crippen LogP contribution in [0.25, 0.3) is 0 Å². The standard InChI is InChI=1S/C9H16BF3NS.K/c1-7(10(11,12)13)4-14-5-8(2)15-9(3)6-14;/h8-9H,1,4-6H2,2-3H3;/q-1;+1. The van der Waals surface area contributed by atoms with E-state index in [9.17, 15) is 12.9 Å². The van der Waals surface area contributed by atoms with E-state index in [1.54, 1.807) is 0 Å². The maximum absolute atomic E-state index is 12.3. The van der Waals surface area contributed by atoms with E-state index in [1.807, 2.05) is 16.7 Å². The molecule has 0 spiro atoms. The predicted molar refractivity (Wildman–Crippen MR) is 61.2 cm³/mol. The Bertz CT molecular complexity index is 239. The summed E-state index contributed by atoms with van der Waals surface area (Å²) >= 11 is 1.83. The molecule has 1 heterocycles. The van der Waals surface area contributed by atoms with Gasteiger partial charge in [-0.15, -0.1) is 12.1 Å². The fraction of sp³-hybridized carbons (Fsp3) is 0.778. The Morgan fingerprint density at radius 2 is 1.75 bits per heavy atom. The van der Waals surface area contributed by atoms with Crippen LogP contribution in [0.1, 0.15) is 13.8 Å². The van der Waals surface area contributed by atoms with Crippen LogP contribution in [0.4, 0.5) is 12.9 Å². The molecule has 0 amide bonds. The molecule has 0 N–H and O–H groups in total. The zero-order valence-corrected chi connectivity index (χ0v) is 14.0. The normalized spacial score (nSPS) is 27.3. The minimum Gasteiger partial charge on any atom is -0.445 e. The van der Waals surface area contributed by atoms with Crippen molar-refractivity contribution in [2.75, 3.05) is 19.6 Å². The van der Waals surface area contributed by atoms with Crippen molar-refractivity contribution in [3.63, 3.8) is 0 Å². The third kappa shape index (κ3) is 5.93. The first-order valence-electron chi connectivity index (χ1n) is 5.04. The smallest absolute Gasteiger partial charge is 0.445 e. The van der Waals surface area contributed by atoms with Gasteiger partial charge in [-0.3, -0.25) is 0 Å². The minimum absolute atomic E-state index is 0. The Morgan fingerprint density at radius 1 is 1.31 bits per heavy atom. The summed E-state index contributed by atoms with van der Waals surface area (Å²) in [4.78, 5) is 1.85. The number of hydrogen-bond donors (Lipinski definition) is 0. The first kappa shape index (κ1) is 17.5. The predicted octanol–water partition coefficient (Wildman–Crippen LogP) is -0.241. The van der Waals surface area contributed by atoms with Crippen LogP contribution in [-0.4, -0.2) is 42.0 Å². The average Bonchev–Trinajstić information content (AvgIpc) is 1.99. The molecule has 0 radical (unpaired) electrons. The molecule has 0 bridgehead atoms. The fourth-order valence-corrected chi connectivity index (χ4v) is 3.19. The van der Waals surface area contributed by atoms with E-state index in [0.29, 0.717) is 10.5 Å². The molecule has 88 valence electrons. The van der Waals surface area contributed by atoms with Gasteiger partial charge in [-0.2, -0.15) is 11.8 Å². The van der Waals surface area contributed by atoms with Gasteiger partial charge in [0.2, 0.25) is 0 Å². The van der Waals surface area contributed by atoms with Crippen molar-refractivity contribution < 1.29 is 64.3 Å². The van der Waals surface area contributed by atoms with Crippen molar-refractivity contribution in [2.45, 2.75) is 24.3 Å². The van der Waals surface area contributed by atoms with Gasteiger partial charge < -0.3 is 17.8 Å². The van der Waals surface area contributed by atoms with Gasteiger partial charge in [-0.05, 0) is 6.54 Å². The molecule has 1 aliphatic heterocycles. The van der Waals surface area contributed by atoms with E-state index in [4.69, 9.17) is 0 Å². The minimum atomic E-state index is -4.87. The van der Waals surface area contributed by atoms with Crippen molar-refractivity contribution >= 4 is 18.7 Å². The average molecular weight is 277 g/mol. The molecular formula is C9H16BF3KNS. The summed E-state index contributed by atoms with van der Waals surface area (Å²) in [7, 11) is 0. The maximum atomic E-state index is 12.3. The van der Waals surface area contributed by atoms with E-state index in [1.165, 1.54) is 0 Å². The Morgan fingerprint density at radius 3 is 2.12 bits per heavy atom. The van der Waals surface area contributed by atoms with Gasteiger partial charge in [-0.1, -0.05) is 13.8 Å². The van der Waals surface area contributed by atoms with Crippen LogP contribution in [0.5, 0.6) is 0 Å². The summed E-state index contributed by atoms with van der Waals surface area (Å²) in [6, 6.07) is 0. The van der Waals surface area contributed by atoms with Gasteiger partial charge in [-0.25, -0.2) is 0 Å². The number of rotatable bonds is 3. The maximum Gasteiger partial charge on any atom is 1.00 e. The largest absolute Gasteiger partial charge is 1.00 e. The van der Waals surface area contributed by atoms with Gasteiger partial charge in [0.1, 0.15) is 0 Å². The third-order valence-electron chi connectivity index (χ3n) is 2.38. The van der Waals surface area contributed by atoms with Crippen LogP contribution >= 0.6 is 11.8 Å². The topological polar surface area (TPSA) is 3.24 Å². The fourth-order valence-electron chi connectivity index (χ4n) is 1.80. The molecule has 16 heavy (non-hydrogen) atoms. The third-order valence-corrected chi connectivity index (χ3v) is 3.61. The Kier molecular flexibility index (Phi) is 7.90. The van der Waals surface area contributed by atoms with Crippen LogP contribution in [0.2, 0.25) is 0 Å². The molecule has 0 aromatic carbocycles. The van der Waals surface area contributed by atoms with Crippen LogP contribution in [0, 0.1) is 0 Å². The molecule has 2 atom stereocenters. The molecule has 1 saturated heterocycles. The van der Waals surface area contributed by atoms with Crippen molar-refractivity contribution in [2.24, 2.45) is 0 Å². The molecule has 0 saturated carbocycles. The van der Waals surface area contributed by atoms with Crippen LogP contribution in [0.3, 0.4) is 0 Å². The molecule has 7 heteroatoms. The van der Waals surface area contributed by atoms with E-state index in [0.717, 1.165) is 13.1 Å². The van der Waals surface area contributed by atoms with Crippen molar-refractivity contribution in [1.29, 1.82) is 0 Å². The van der Waals surface area contributed by atoms with Gasteiger partial charge >= 0.3 is 58.4 Å². The molecule has 1 aliphatic rings. The van der Waals surface area contributed by atoms with Gasteiger partial charge in [0, 0.05) is 23.6 Å². The van der Waals surface area contributed by atoms with E-state index < -0.39 is 12.4 Å². The van der Waals surface area contributed by atoms with E-state index in [-0.39, 0.29) is 57.9 Å². The summed E-state index contributed by atoms with van der Waals surface area (Å²) in [5.41, 5.74) is -0.582. The molecule has 1 rings (SSSR count). The monoisotopic (exact) mass is 277 g/mol. The van der Waals surface area contributed by atoms with Crippen molar-refractivity contribution in [3.05, 3.63) is 12.1 Å². The quantitative estimate of drug-likeness (QED) is 0.655. The van der Waals surface area contributed by atoms with E-state index in [2.05, 4.69) is 20.4 Å². The second kappa shape index (κ2) is 7.21. The first-order valence-corrected chi connectivity index (χ1v) is 5.98. The zero-order chi connectivity index (χ0) is 11.6. The Hall–Kier alpha value is 1.54. The molecular weight excluding hydrogens is 261 g/mol. The van der Waals surface area contributed by atoms with Gasteiger partial charge in [0.05, 0.1) is 0 Å². The van der Waals surface area contributed by atoms with Gasteiger partial charge in [0.15, 0.2) is 0 Å². The van der Waals surface area contributed by atoms with Crippen molar-refractivity contribution in [3.8, 4) is 0 Å². The molecule has 2 unspecified atom stereocenters. The van der Waals surface area contributed by atoms with Crippen LogP contribution < -0.4 is 51.4 Å². The summed E-state index contributed by atoms with van der Waals surface area (Å²) in [5, 5.41) is 0.810. The second-order valence-electron chi connectivity index (χ2n) is 4.18. The summed E-state index contributed by atoms with van der Waals surface area (Å²) in [6.45, 7) is 3.77. The van der Waals surface area contributed by atoms with Crippen LogP contribution in [-0.2, 0) is 0 Å². The molecule has 1 nitrogen and oxygen atoms in total. The second-order valence-corrected chi connectivity index (χ2v) is 6.07. The zero-order valence-electron chi connectivity index (χ0n) is 10.0. The molecule has 1 fully saturated rings.